The van der Waals surface area contributed by atoms with Crippen LogP contribution in [0.25, 0.3) is 0 Å². The van der Waals surface area contributed by atoms with Gasteiger partial charge in [0.15, 0.2) is 0 Å². The number of rotatable bonds is 3. The van der Waals surface area contributed by atoms with E-state index < -0.39 is 5.41 Å². The molecule has 17 heavy (non-hydrogen) atoms. The zero-order valence-corrected chi connectivity index (χ0v) is 10.5. The molecule has 3 N–H and O–H groups in total. The summed E-state index contributed by atoms with van der Waals surface area (Å²) < 4.78 is 5.26. The number of nitrogens with zero attached hydrogens (tertiary/aromatic N) is 1. The number of aliphatic hydroxyl groups excluding tert-OH is 1. The Labute approximate surface area is 106 Å². The smallest absolute Gasteiger partial charge is 0.236 e. The van der Waals surface area contributed by atoms with Gasteiger partial charge in [-0.15, -0.1) is 0 Å². The predicted octanol–water partition coefficient (Wildman–Crippen LogP) is -0.338. The van der Waals surface area contributed by atoms with Crippen molar-refractivity contribution in [2.24, 2.45) is 11.1 Å². The van der Waals surface area contributed by atoms with E-state index in [9.17, 15) is 9.90 Å². The summed E-state index contributed by atoms with van der Waals surface area (Å²) >= 11 is 5.04. The number of carbonyl (C=O) groups is 1. The SMILES string of the molecule is NC(=S)C1(C(=O)N2CCOCC2CO)CCC1. The summed E-state index contributed by atoms with van der Waals surface area (Å²) in [5.74, 6) is -0.0291. The van der Waals surface area contributed by atoms with Gasteiger partial charge in [-0.3, -0.25) is 4.79 Å². The van der Waals surface area contributed by atoms with Crippen LogP contribution in [0.2, 0.25) is 0 Å². The number of amides is 1. The van der Waals surface area contributed by atoms with Crippen molar-refractivity contribution in [3.8, 4) is 0 Å². The lowest BCUT2D eigenvalue weighted by molar-refractivity contribution is -0.152. The summed E-state index contributed by atoms with van der Waals surface area (Å²) in [6, 6.07) is -0.261. The summed E-state index contributed by atoms with van der Waals surface area (Å²) in [4.78, 5) is 14.5. The highest BCUT2D eigenvalue weighted by atomic mass is 32.1. The highest BCUT2D eigenvalue weighted by molar-refractivity contribution is 7.80. The van der Waals surface area contributed by atoms with E-state index in [2.05, 4.69) is 0 Å². The average Bonchev–Trinajstić information content (AvgIpc) is 2.26. The molecule has 2 aliphatic rings. The molecule has 0 aromatic rings. The number of thiocarbonyl (C=S) groups is 1. The van der Waals surface area contributed by atoms with Crippen molar-refractivity contribution >= 4 is 23.1 Å². The molecule has 1 amide bonds. The summed E-state index contributed by atoms with van der Waals surface area (Å²) in [7, 11) is 0. The lowest BCUT2D eigenvalue weighted by Gasteiger charge is -2.45. The molecular formula is C11H18N2O3S. The molecule has 6 heteroatoms. The number of morpholine rings is 1. The monoisotopic (exact) mass is 258 g/mol. The number of hydrogen-bond acceptors (Lipinski definition) is 4. The molecule has 1 heterocycles. The first-order valence-electron chi connectivity index (χ1n) is 5.91. The molecule has 0 radical (unpaired) electrons. The Morgan fingerprint density at radius 3 is 2.76 bits per heavy atom. The van der Waals surface area contributed by atoms with Crippen LogP contribution in [0, 0.1) is 5.41 Å². The van der Waals surface area contributed by atoms with Crippen LogP contribution >= 0.6 is 12.2 Å². The van der Waals surface area contributed by atoms with Gasteiger partial charge in [0.2, 0.25) is 5.91 Å². The Hall–Kier alpha value is -0.720. The van der Waals surface area contributed by atoms with Crippen molar-refractivity contribution in [2.75, 3.05) is 26.4 Å². The van der Waals surface area contributed by atoms with E-state index in [-0.39, 0.29) is 23.5 Å². The lowest BCUT2D eigenvalue weighted by atomic mass is 9.67. The van der Waals surface area contributed by atoms with Gasteiger partial charge in [-0.1, -0.05) is 18.6 Å². The molecule has 0 bridgehead atoms. The highest BCUT2D eigenvalue weighted by Crippen LogP contribution is 2.43. The standard InChI is InChI=1S/C11H18N2O3S/c12-9(17)11(2-1-3-11)10(15)13-4-5-16-7-8(13)6-14/h8,14H,1-7H2,(H2,12,17). The van der Waals surface area contributed by atoms with Crippen molar-refractivity contribution in [1.82, 2.24) is 4.90 Å². The number of aliphatic hydroxyl groups is 1. The Balaban J connectivity index is 2.15. The zero-order valence-electron chi connectivity index (χ0n) is 9.72. The highest BCUT2D eigenvalue weighted by Gasteiger charge is 2.50. The minimum Gasteiger partial charge on any atom is -0.394 e. The molecular weight excluding hydrogens is 240 g/mol. The van der Waals surface area contributed by atoms with E-state index in [1.165, 1.54) is 0 Å². The maximum atomic E-state index is 12.5. The molecule has 2 fully saturated rings. The van der Waals surface area contributed by atoms with Gasteiger partial charge in [-0.05, 0) is 12.8 Å². The fourth-order valence-electron chi connectivity index (χ4n) is 2.44. The second kappa shape index (κ2) is 4.88. The molecule has 1 aliphatic heterocycles. The molecule has 5 nitrogen and oxygen atoms in total. The molecule has 1 saturated heterocycles. The Bertz CT molecular complexity index is 331. The van der Waals surface area contributed by atoms with Gasteiger partial charge in [0.05, 0.1) is 36.3 Å². The summed E-state index contributed by atoms with van der Waals surface area (Å²) in [6.07, 6.45) is 2.45. The van der Waals surface area contributed by atoms with Gasteiger partial charge in [0.25, 0.3) is 0 Å². The molecule has 2 rings (SSSR count). The molecule has 0 spiro atoms. The largest absolute Gasteiger partial charge is 0.394 e. The quantitative estimate of drug-likeness (QED) is 0.678. The number of ether oxygens (including phenoxy) is 1. The maximum Gasteiger partial charge on any atom is 0.236 e. The van der Waals surface area contributed by atoms with E-state index >= 15 is 0 Å². The molecule has 1 unspecified atom stereocenters. The van der Waals surface area contributed by atoms with Crippen LogP contribution in [0.15, 0.2) is 0 Å². The normalized spacial score (nSPS) is 27.4. The van der Waals surface area contributed by atoms with Crippen LogP contribution < -0.4 is 5.73 Å². The van der Waals surface area contributed by atoms with Crippen LogP contribution in [0.1, 0.15) is 19.3 Å². The number of carbonyl (C=O) groups excluding carboxylic acids is 1. The zero-order chi connectivity index (χ0) is 12.5. The summed E-state index contributed by atoms with van der Waals surface area (Å²) in [5.41, 5.74) is 5.06. The van der Waals surface area contributed by atoms with Gasteiger partial charge in [0, 0.05) is 6.54 Å². The number of nitrogens with two attached hydrogens (primary N) is 1. The molecule has 1 aliphatic carbocycles. The fraction of sp³-hybridized carbons (Fsp3) is 0.818. The third-order valence-electron chi connectivity index (χ3n) is 3.79. The van der Waals surface area contributed by atoms with Crippen LogP contribution in [-0.4, -0.2) is 53.3 Å². The second-order valence-electron chi connectivity index (χ2n) is 4.71. The molecule has 0 aromatic heterocycles. The fourth-order valence-corrected chi connectivity index (χ4v) is 2.74. The van der Waals surface area contributed by atoms with Crippen LogP contribution in [0.4, 0.5) is 0 Å². The van der Waals surface area contributed by atoms with Crippen molar-refractivity contribution < 1.29 is 14.6 Å². The first kappa shape index (κ1) is 12.7. The van der Waals surface area contributed by atoms with Crippen molar-refractivity contribution in [3.63, 3.8) is 0 Å². The van der Waals surface area contributed by atoms with Gasteiger partial charge in [-0.2, -0.15) is 0 Å². The first-order chi connectivity index (χ1) is 8.12. The van der Waals surface area contributed by atoms with Crippen LogP contribution in [-0.2, 0) is 9.53 Å². The Morgan fingerprint density at radius 2 is 2.29 bits per heavy atom. The Kier molecular flexibility index (Phi) is 3.65. The average molecular weight is 258 g/mol. The van der Waals surface area contributed by atoms with E-state index in [4.69, 9.17) is 22.7 Å². The molecule has 96 valence electrons. The molecule has 0 aromatic carbocycles. The summed E-state index contributed by atoms with van der Waals surface area (Å²) in [5, 5.41) is 9.27. The van der Waals surface area contributed by atoms with E-state index in [0.717, 1.165) is 19.3 Å². The first-order valence-corrected chi connectivity index (χ1v) is 6.32. The minimum atomic E-state index is -0.653. The van der Waals surface area contributed by atoms with Crippen molar-refractivity contribution in [1.29, 1.82) is 0 Å². The van der Waals surface area contributed by atoms with Crippen molar-refractivity contribution in [2.45, 2.75) is 25.3 Å². The van der Waals surface area contributed by atoms with E-state index in [0.29, 0.717) is 19.8 Å². The maximum absolute atomic E-state index is 12.5. The molecule has 1 saturated carbocycles. The van der Waals surface area contributed by atoms with Gasteiger partial charge in [-0.25, -0.2) is 0 Å². The lowest BCUT2D eigenvalue weighted by Crippen LogP contribution is -2.60. The Morgan fingerprint density at radius 1 is 1.59 bits per heavy atom. The van der Waals surface area contributed by atoms with E-state index in [1.54, 1.807) is 4.90 Å². The summed E-state index contributed by atoms with van der Waals surface area (Å²) in [6.45, 7) is 1.32. The third kappa shape index (κ3) is 2.05. The second-order valence-corrected chi connectivity index (χ2v) is 5.15. The van der Waals surface area contributed by atoms with E-state index in [1.807, 2.05) is 0 Å². The number of hydrogen-bond donors (Lipinski definition) is 2. The van der Waals surface area contributed by atoms with Gasteiger partial charge in [0.1, 0.15) is 0 Å². The van der Waals surface area contributed by atoms with Gasteiger partial charge < -0.3 is 20.5 Å². The third-order valence-corrected chi connectivity index (χ3v) is 4.18. The van der Waals surface area contributed by atoms with Crippen molar-refractivity contribution in [3.05, 3.63) is 0 Å². The van der Waals surface area contributed by atoms with Crippen LogP contribution in [0.5, 0.6) is 0 Å². The van der Waals surface area contributed by atoms with Crippen LogP contribution in [0.3, 0.4) is 0 Å². The van der Waals surface area contributed by atoms with Gasteiger partial charge >= 0.3 is 0 Å². The topological polar surface area (TPSA) is 75.8 Å². The molecule has 1 atom stereocenters. The predicted molar refractivity (Wildman–Crippen MR) is 66.5 cm³/mol. The minimum absolute atomic E-state index is 0.0291.